The number of ketones is 1. The highest BCUT2D eigenvalue weighted by Gasteiger charge is 2.46. The Labute approximate surface area is 222 Å². The molecule has 0 radical (unpaired) electrons. The number of likely N-dealkylation sites (tertiary alicyclic amines) is 1. The van der Waals surface area contributed by atoms with E-state index in [2.05, 4.69) is 0 Å². The lowest BCUT2D eigenvalue weighted by molar-refractivity contribution is -0.140. The minimum Gasteiger partial charge on any atom is -0.506 e. The van der Waals surface area contributed by atoms with Crippen molar-refractivity contribution in [3.8, 4) is 17.2 Å². The molecule has 0 aromatic heterocycles. The van der Waals surface area contributed by atoms with E-state index in [0.717, 1.165) is 5.56 Å². The van der Waals surface area contributed by atoms with Gasteiger partial charge in [-0.15, -0.1) is 0 Å². The summed E-state index contributed by atoms with van der Waals surface area (Å²) in [5.74, 6) is -0.554. The molecule has 1 heterocycles. The Hall–Kier alpha value is -4.30. The first-order valence-electron chi connectivity index (χ1n) is 12.3. The van der Waals surface area contributed by atoms with Gasteiger partial charge < -0.3 is 29.0 Å². The first-order chi connectivity index (χ1) is 18.5. The minimum atomic E-state index is -0.815. The average Bonchev–Trinajstić information content (AvgIpc) is 3.21. The van der Waals surface area contributed by atoms with Crippen LogP contribution in [0.2, 0.25) is 0 Å². The molecule has 38 heavy (non-hydrogen) atoms. The van der Waals surface area contributed by atoms with E-state index in [0.29, 0.717) is 42.4 Å². The Bertz CT molecular complexity index is 1280. The van der Waals surface area contributed by atoms with Crippen molar-refractivity contribution in [2.45, 2.75) is 19.1 Å². The number of nitrogens with zero attached hydrogens (tertiary/aromatic N) is 1. The molecular weight excluding hydrogens is 486 g/mol. The molecule has 0 spiro atoms. The predicted molar refractivity (Wildman–Crippen MR) is 142 cm³/mol. The number of rotatable bonds is 11. The first-order valence-corrected chi connectivity index (χ1v) is 12.3. The van der Waals surface area contributed by atoms with Crippen molar-refractivity contribution in [1.82, 2.24) is 4.90 Å². The van der Waals surface area contributed by atoms with Crippen molar-refractivity contribution < 1.29 is 33.6 Å². The van der Waals surface area contributed by atoms with Gasteiger partial charge in [0.2, 0.25) is 0 Å². The van der Waals surface area contributed by atoms with Gasteiger partial charge >= 0.3 is 0 Å². The lowest BCUT2D eigenvalue weighted by atomic mass is 9.94. The van der Waals surface area contributed by atoms with Gasteiger partial charge in [0.15, 0.2) is 0 Å². The second-order valence-corrected chi connectivity index (χ2v) is 8.72. The van der Waals surface area contributed by atoms with Crippen molar-refractivity contribution in [2.24, 2.45) is 0 Å². The Morgan fingerprint density at radius 2 is 1.53 bits per heavy atom. The van der Waals surface area contributed by atoms with Gasteiger partial charge in [0.1, 0.15) is 35.2 Å². The zero-order valence-corrected chi connectivity index (χ0v) is 21.7. The van der Waals surface area contributed by atoms with E-state index in [-0.39, 0.29) is 23.4 Å². The van der Waals surface area contributed by atoms with Crippen LogP contribution in [0.3, 0.4) is 0 Å². The number of ether oxygens (including phenoxy) is 4. The molecule has 0 aliphatic carbocycles. The van der Waals surface area contributed by atoms with Gasteiger partial charge in [-0.05, 0) is 41.8 Å². The molecule has 1 amide bonds. The SMILES string of the molecule is COCCCN1C(=O)C(=O)/C(=C(/O)c2c(OC)cccc2OC)C1c1ccc(OCc2ccccc2)cc1. The highest BCUT2D eigenvalue weighted by atomic mass is 16.5. The van der Waals surface area contributed by atoms with Gasteiger partial charge in [0, 0.05) is 20.3 Å². The van der Waals surface area contributed by atoms with Crippen molar-refractivity contribution >= 4 is 17.4 Å². The van der Waals surface area contributed by atoms with E-state index in [9.17, 15) is 14.7 Å². The number of benzene rings is 3. The molecule has 0 bridgehead atoms. The third kappa shape index (κ3) is 5.50. The molecular formula is C30H31NO7. The molecule has 8 heteroatoms. The summed E-state index contributed by atoms with van der Waals surface area (Å²) >= 11 is 0. The van der Waals surface area contributed by atoms with Gasteiger partial charge in [-0.1, -0.05) is 48.5 Å². The number of aliphatic hydroxyl groups excluding tert-OH is 1. The smallest absolute Gasteiger partial charge is 0.295 e. The molecule has 1 atom stereocenters. The fourth-order valence-electron chi connectivity index (χ4n) is 4.54. The maximum atomic E-state index is 13.3. The van der Waals surface area contributed by atoms with Crippen molar-refractivity contribution in [2.75, 3.05) is 34.5 Å². The summed E-state index contributed by atoms with van der Waals surface area (Å²) in [5, 5.41) is 11.5. The third-order valence-electron chi connectivity index (χ3n) is 6.40. The predicted octanol–water partition coefficient (Wildman–Crippen LogP) is 4.74. The van der Waals surface area contributed by atoms with Crippen LogP contribution in [0.25, 0.3) is 5.76 Å². The molecule has 0 saturated carbocycles. The molecule has 8 nitrogen and oxygen atoms in total. The van der Waals surface area contributed by atoms with Gasteiger partial charge in [0.25, 0.3) is 11.7 Å². The van der Waals surface area contributed by atoms with Crippen LogP contribution in [0.1, 0.15) is 29.2 Å². The molecule has 1 aliphatic rings. The Morgan fingerprint density at radius 1 is 0.868 bits per heavy atom. The van der Waals surface area contributed by atoms with E-state index >= 15 is 0 Å². The number of aliphatic hydroxyl groups is 1. The average molecular weight is 518 g/mol. The van der Waals surface area contributed by atoms with Crippen LogP contribution in [0.15, 0.2) is 78.4 Å². The summed E-state index contributed by atoms with van der Waals surface area (Å²) in [6.45, 7) is 1.10. The van der Waals surface area contributed by atoms with Gasteiger partial charge in [-0.2, -0.15) is 0 Å². The lowest BCUT2D eigenvalue weighted by Gasteiger charge is -2.25. The summed E-state index contributed by atoms with van der Waals surface area (Å²) in [5.41, 5.74) is 1.87. The second kappa shape index (κ2) is 12.3. The van der Waals surface area contributed by atoms with Gasteiger partial charge in [-0.25, -0.2) is 0 Å². The second-order valence-electron chi connectivity index (χ2n) is 8.72. The summed E-state index contributed by atoms with van der Waals surface area (Å²) in [6.07, 6.45) is 0.524. The maximum absolute atomic E-state index is 13.3. The molecule has 1 unspecified atom stereocenters. The van der Waals surface area contributed by atoms with Crippen LogP contribution < -0.4 is 14.2 Å². The highest BCUT2D eigenvalue weighted by molar-refractivity contribution is 6.46. The van der Waals surface area contributed by atoms with Crippen molar-refractivity contribution in [3.05, 3.63) is 95.1 Å². The van der Waals surface area contributed by atoms with Crippen LogP contribution >= 0.6 is 0 Å². The molecule has 1 saturated heterocycles. The number of methoxy groups -OCH3 is 3. The van der Waals surface area contributed by atoms with Gasteiger partial charge in [0.05, 0.1) is 25.8 Å². The lowest BCUT2D eigenvalue weighted by Crippen LogP contribution is -2.31. The molecule has 1 N–H and O–H groups in total. The fraction of sp³-hybridized carbons (Fsp3) is 0.267. The molecule has 3 aromatic rings. The fourth-order valence-corrected chi connectivity index (χ4v) is 4.54. The number of carbonyl (C=O) groups excluding carboxylic acids is 2. The normalized spacial score (nSPS) is 16.5. The van der Waals surface area contributed by atoms with Crippen molar-refractivity contribution in [3.63, 3.8) is 0 Å². The first kappa shape index (κ1) is 26.8. The topological polar surface area (TPSA) is 94.5 Å². The monoisotopic (exact) mass is 517 g/mol. The molecule has 198 valence electrons. The standard InChI is InChI=1S/C30H31NO7/c1-35-18-8-17-31-27(21-13-15-22(16-14-21)38-19-20-9-5-4-6-10-20)26(29(33)30(31)34)28(32)25-23(36-2)11-7-12-24(25)37-3/h4-7,9-16,27,32H,8,17-19H2,1-3H3/b28-26+. The number of carbonyl (C=O) groups is 2. The van der Waals surface area contributed by atoms with Crippen LogP contribution in [0.5, 0.6) is 17.2 Å². The number of hydrogen-bond acceptors (Lipinski definition) is 7. The van der Waals surface area contributed by atoms with Crippen LogP contribution in [0.4, 0.5) is 0 Å². The molecule has 1 fully saturated rings. The van der Waals surface area contributed by atoms with E-state index in [1.807, 2.05) is 30.3 Å². The molecule has 4 rings (SSSR count). The number of Topliss-reactive ketones (excluding diaryl/α,β-unsaturated/α-hetero) is 1. The highest BCUT2D eigenvalue weighted by Crippen LogP contribution is 2.43. The van der Waals surface area contributed by atoms with Crippen LogP contribution in [-0.2, 0) is 20.9 Å². The quantitative estimate of drug-likeness (QED) is 0.170. The summed E-state index contributed by atoms with van der Waals surface area (Å²) in [7, 11) is 4.49. The maximum Gasteiger partial charge on any atom is 0.295 e. The van der Waals surface area contributed by atoms with E-state index < -0.39 is 17.7 Å². The minimum absolute atomic E-state index is 0.0341. The summed E-state index contributed by atoms with van der Waals surface area (Å²) in [6, 6.07) is 21.2. The zero-order chi connectivity index (χ0) is 27.1. The van der Waals surface area contributed by atoms with E-state index in [4.69, 9.17) is 18.9 Å². The Kier molecular flexibility index (Phi) is 8.66. The van der Waals surface area contributed by atoms with E-state index in [1.54, 1.807) is 49.6 Å². The zero-order valence-electron chi connectivity index (χ0n) is 21.7. The molecule has 3 aromatic carbocycles. The van der Waals surface area contributed by atoms with Crippen LogP contribution in [-0.4, -0.2) is 56.2 Å². The largest absolute Gasteiger partial charge is 0.506 e. The Morgan fingerprint density at radius 3 is 2.13 bits per heavy atom. The summed E-state index contributed by atoms with van der Waals surface area (Å²) < 4.78 is 21.9. The Balaban J connectivity index is 1.74. The number of amides is 1. The van der Waals surface area contributed by atoms with Crippen molar-refractivity contribution in [1.29, 1.82) is 0 Å². The number of hydrogen-bond donors (Lipinski definition) is 1. The van der Waals surface area contributed by atoms with Gasteiger partial charge in [-0.3, -0.25) is 9.59 Å². The summed E-state index contributed by atoms with van der Waals surface area (Å²) in [4.78, 5) is 28.0. The third-order valence-corrected chi connectivity index (χ3v) is 6.40. The van der Waals surface area contributed by atoms with E-state index in [1.165, 1.54) is 19.1 Å². The van der Waals surface area contributed by atoms with Crippen LogP contribution in [0, 0.1) is 0 Å². The molecule has 1 aliphatic heterocycles.